The fourth-order valence-electron chi connectivity index (χ4n) is 5.19. The van der Waals surface area contributed by atoms with Gasteiger partial charge in [0.15, 0.2) is 0 Å². The highest BCUT2D eigenvalue weighted by Gasteiger charge is 2.37. The number of hydrogen-bond acceptors (Lipinski definition) is 4. The lowest BCUT2D eigenvalue weighted by Crippen LogP contribution is -3.00. The number of aromatic nitrogens is 2. The molecule has 8 nitrogen and oxygen atoms in total. The second-order valence-electron chi connectivity index (χ2n) is 8.99. The maximum absolute atomic E-state index is 13.4. The average molecular weight is 422 g/mol. The summed E-state index contributed by atoms with van der Waals surface area (Å²) in [6.45, 7) is 5.79. The van der Waals surface area contributed by atoms with Gasteiger partial charge in [0.2, 0.25) is 5.69 Å². The maximum Gasteiger partial charge on any atom is 0.315 e. The second kappa shape index (κ2) is 7.33. The Kier molecular flexibility index (Phi) is 4.73. The fourth-order valence-corrected chi connectivity index (χ4v) is 5.19. The van der Waals surface area contributed by atoms with Crippen LogP contribution in [-0.4, -0.2) is 38.2 Å². The van der Waals surface area contributed by atoms with E-state index in [0.29, 0.717) is 31.2 Å². The number of nitrogens with one attached hydrogen (secondary N) is 1. The standard InChI is InChI=1S/C23H26N4O4/c1-14(2)25-8-7-16-3-4-17(10-21(16)25)22(28)24-11-15-9-18(13-24)19-5-6-20(27(30)31)23(29)26(19)12-15/h3-8,10,14-15,18,27,30H,9,11-13H2,1-2H3. The van der Waals surface area contributed by atoms with Crippen molar-refractivity contribution in [1.82, 2.24) is 14.0 Å². The van der Waals surface area contributed by atoms with Crippen LogP contribution in [0, 0.1) is 11.1 Å². The topological polar surface area (TPSA) is 95.0 Å². The summed E-state index contributed by atoms with van der Waals surface area (Å²) in [5, 5.41) is 20.5. The Balaban J connectivity index is 1.45. The third kappa shape index (κ3) is 3.27. The van der Waals surface area contributed by atoms with Crippen LogP contribution in [0.4, 0.5) is 5.69 Å². The second-order valence-corrected chi connectivity index (χ2v) is 8.99. The van der Waals surface area contributed by atoms with E-state index in [-0.39, 0.29) is 23.4 Å². The van der Waals surface area contributed by atoms with Crippen molar-refractivity contribution in [3.63, 3.8) is 0 Å². The molecule has 162 valence electrons. The Bertz CT molecular complexity index is 1230. The van der Waals surface area contributed by atoms with Gasteiger partial charge in [-0.15, -0.1) is 0 Å². The van der Waals surface area contributed by atoms with Crippen LogP contribution in [0.2, 0.25) is 0 Å². The zero-order valence-corrected chi connectivity index (χ0v) is 17.6. The quantitative estimate of drug-likeness (QED) is 0.632. The van der Waals surface area contributed by atoms with E-state index in [1.54, 1.807) is 10.6 Å². The molecule has 0 saturated carbocycles. The zero-order valence-electron chi connectivity index (χ0n) is 17.6. The number of fused-ring (bicyclic) bond motifs is 5. The monoisotopic (exact) mass is 422 g/mol. The number of carbonyl (C=O) groups is 1. The van der Waals surface area contributed by atoms with Crippen molar-refractivity contribution in [3.8, 4) is 0 Å². The summed E-state index contributed by atoms with van der Waals surface area (Å²) in [6, 6.07) is 11.4. The molecule has 1 amide bonds. The van der Waals surface area contributed by atoms with Gasteiger partial charge in [0.25, 0.3) is 5.91 Å². The van der Waals surface area contributed by atoms with Crippen LogP contribution < -0.4 is 10.8 Å². The van der Waals surface area contributed by atoms with E-state index in [1.807, 2.05) is 23.1 Å². The molecule has 8 heteroatoms. The average Bonchev–Trinajstić information content (AvgIpc) is 3.17. The molecule has 3 unspecified atom stereocenters. The number of quaternary nitrogens is 1. The first kappa shape index (κ1) is 20.0. The van der Waals surface area contributed by atoms with Crippen LogP contribution in [0.5, 0.6) is 0 Å². The smallest absolute Gasteiger partial charge is 0.315 e. The number of benzene rings is 1. The van der Waals surface area contributed by atoms with Crippen LogP contribution in [0.1, 0.15) is 48.3 Å². The van der Waals surface area contributed by atoms with E-state index in [4.69, 9.17) is 0 Å². The van der Waals surface area contributed by atoms with Crippen LogP contribution in [0.3, 0.4) is 0 Å². The molecule has 2 aliphatic heterocycles. The highest BCUT2D eigenvalue weighted by Crippen LogP contribution is 2.36. The molecule has 2 N–H and O–H groups in total. The first-order valence-corrected chi connectivity index (χ1v) is 10.7. The fraction of sp³-hybridized carbons (Fsp3) is 0.391. The van der Waals surface area contributed by atoms with Crippen molar-refractivity contribution >= 4 is 22.5 Å². The van der Waals surface area contributed by atoms with Crippen molar-refractivity contribution in [2.24, 2.45) is 5.92 Å². The van der Waals surface area contributed by atoms with Crippen molar-refractivity contribution in [1.29, 1.82) is 0 Å². The summed E-state index contributed by atoms with van der Waals surface area (Å²) < 4.78 is 3.77. The van der Waals surface area contributed by atoms with Crippen LogP contribution in [-0.2, 0) is 6.54 Å². The molecule has 2 bridgehead atoms. The molecular weight excluding hydrogens is 396 g/mol. The van der Waals surface area contributed by atoms with E-state index in [9.17, 15) is 20.0 Å². The molecule has 2 aromatic heterocycles. The molecule has 3 aromatic rings. The number of rotatable bonds is 3. The zero-order chi connectivity index (χ0) is 21.9. The van der Waals surface area contributed by atoms with Gasteiger partial charge in [0.1, 0.15) is 0 Å². The molecular formula is C23H26N4O4. The summed E-state index contributed by atoms with van der Waals surface area (Å²) >= 11 is 0. The molecule has 4 heterocycles. The molecule has 1 fully saturated rings. The Hall–Kier alpha value is -2.94. The predicted octanol–water partition coefficient (Wildman–Crippen LogP) is 2.05. The van der Waals surface area contributed by atoms with Crippen LogP contribution in [0.15, 0.2) is 47.4 Å². The lowest BCUT2D eigenvalue weighted by Gasteiger charge is -2.42. The van der Waals surface area contributed by atoms with E-state index >= 15 is 0 Å². The minimum Gasteiger partial charge on any atom is -0.595 e. The van der Waals surface area contributed by atoms with Crippen molar-refractivity contribution in [3.05, 3.63) is 69.4 Å². The van der Waals surface area contributed by atoms with Gasteiger partial charge in [-0.05, 0) is 55.8 Å². The highest BCUT2D eigenvalue weighted by molar-refractivity contribution is 5.98. The molecule has 5 rings (SSSR count). The van der Waals surface area contributed by atoms with Crippen molar-refractivity contribution in [2.45, 2.75) is 38.8 Å². The SMILES string of the molecule is CC(C)n1ccc2ccc(C(=O)N3CC4CC(C3)c3ccc([NH+]([O-])O)c(=O)n3C4)cc21. The third-order valence-corrected chi connectivity index (χ3v) is 6.65. The number of carbonyl (C=O) groups excluding carboxylic acids is 1. The van der Waals surface area contributed by atoms with Gasteiger partial charge in [-0.2, -0.15) is 5.23 Å². The Morgan fingerprint density at radius 2 is 1.97 bits per heavy atom. The van der Waals surface area contributed by atoms with Gasteiger partial charge in [-0.1, -0.05) is 6.07 Å². The maximum atomic E-state index is 13.4. The summed E-state index contributed by atoms with van der Waals surface area (Å²) in [5.74, 6) is 0.182. The van der Waals surface area contributed by atoms with Gasteiger partial charge in [0.05, 0.1) is 0 Å². The minimum absolute atomic E-state index is 0.00561. The number of likely N-dealkylation sites (tertiary alicyclic amines) is 1. The normalized spacial score (nSPS) is 21.4. The molecule has 0 radical (unpaired) electrons. The number of hydrogen-bond donors (Lipinski definition) is 2. The van der Waals surface area contributed by atoms with Crippen LogP contribution >= 0.6 is 0 Å². The molecule has 1 aromatic carbocycles. The summed E-state index contributed by atoms with van der Waals surface area (Å²) in [4.78, 5) is 27.9. The van der Waals surface area contributed by atoms with Gasteiger partial charge >= 0.3 is 5.56 Å². The molecule has 0 aliphatic carbocycles. The van der Waals surface area contributed by atoms with E-state index < -0.39 is 10.8 Å². The summed E-state index contributed by atoms with van der Waals surface area (Å²) in [6.07, 6.45) is 2.96. The third-order valence-electron chi connectivity index (χ3n) is 6.65. The Morgan fingerprint density at radius 3 is 2.71 bits per heavy atom. The number of piperidine rings is 1. The number of nitrogens with zero attached hydrogens (tertiary/aromatic N) is 3. The van der Waals surface area contributed by atoms with E-state index in [1.165, 1.54) is 6.07 Å². The Morgan fingerprint density at radius 1 is 1.16 bits per heavy atom. The molecule has 3 atom stereocenters. The van der Waals surface area contributed by atoms with Gasteiger partial charge in [-0.3, -0.25) is 9.59 Å². The minimum atomic E-state index is -1.20. The largest absolute Gasteiger partial charge is 0.595 e. The lowest BCUT2D eigenvalue weighted by molar-refractivity contribution is -0.992. The predicted molar refractivity (Wildman–Crippen MR) is 116 cm³/mol. The van der Waals surface area contributed by atoms with E-state index in [0.717, 1.165) is 23.0 Å². The van der Waals surface area contributed by atoms with Crippen molar-refractivity contribution in [2.75, 3.05) is 13.1 Å². The molecule has 1 saturated heterocycles. The van der Waals surface area contributed by atoms with Crippen molar-refractivity contribution < 1.29 is 15.2 Å². The summed E-state index contributed by atoms with van der Waals surface area (Å²) in [5.41, 5.74) is 1.91. The first-order chi connectivity index (χ1) is 14.8. The van der Waals surface area contributed by atoms with Gasteiger partial charge in [0, 0.05) is 60.6 Å². The van der Waals surface area contributed by atoms with Gasteiger partial charge < -0.3 is 19.2 Å². The molecule has 31 heavy (non-hydrogen) atoms. The van der Waals surface area contributed by atoms with Crippen LogP contribution in [0.25, 0.3) is 10.9 Å². The van der Waals surface area contributed by atoms with Gasteiger partial charge in [-0.25, -0.2) is 5.21 Å². The highest BCUT2D eigenvalue weighted by atomic mass is 16.8. The lowest BCUT2D eigenvalue weighted by atomic mass is 9.83. The molecule has 0 spiro atoms. The van der Waals surface area contributed by atoms with E-state index in [2.05, 4.69) is 30.7 Å². The summed E-state index contributed by atoms with van der Waals surface area (Å²) in [7, 11) is 0. The first-order valence-electron chi connectivity index (χ1n) is 10.7. The number of pyridine rings is 1. The molecule has 2 aliphatic rings. The number of amides is 1. The Labute approximate surface area is 179 Å².